The van der Waals surface area contributed by atoms with Crippen LogP contribution in [0.5, 0.6) is 0 Å². The number of carbonyl (C=O) groups excluding carboxylic acids is 1. The zero-order chi connectivity index (χ0) is 16.0. The highest BCUT2D eigenvalue weighted by molar-refractivity contribution is 5.70. The maximum Gasteiger partial charge on any atom is 0.306 e. The first kappa shape index (κ1) is 18.0. The number of aliphatic carboxylic acids is 1. The highest BCUT2D eigenvalue weighted by atomic mass is 16.6. The first-order chi connectivity index (χ1) is 9.67. The normalized spacial score (nSPS) is 18.7. The number of carboxylic acids is 1. The Morgan fingerprint density at radius 2 is 1.90 bits per heavy atom. The highest BCUT2D eigenvalue weighted by Crippen LogP contribution is 2.27. The van der Waals surface area contributed by atoms with Gasteiger partial charge in [0, 0.05) is 6.42 Å². The van der Waals surface area contributed by atoms with Gasteiger partial charge in [-0.2, -0.15) is 0 Å². The standard InChI is InChI=1S/C16H28O5/c1-11(15(18)19)10-13(20-12-6-5-7-12)8-9-14(17)21-16(2,3)4/h11-13H,5-10H2,1-4H3,(H,18,19)/t11-,13+/m0/s1. The lowest BCUT2D eigenvalue weighted by Crippen LogP contribution is -2.31. The van der Waals surface area contributed by atoms with Gasteiger partial charge in [-0.25, -0.2) is 0 Å². The van der Waals surface area contributed by atoms with Crippen molar-refractivity contribution in [3.8, 4) is 0 Å². The van der Waals surface area contributed by atoms with Gasteiger partial charge < -0.3 is 14.6 Å². The number of hydrogen-bond acceptors (Lipinski definition) is 4. The minimum Gasteiger partial charge on any atom is -0.481 e. The third kappa shape index (κ3) is 7.46. The molecule has 21 heavy (non-hydrogen) atoms. The summed E-state index contributed by atoms with van der Waals surface area (Å²) in [4.78, 5) is 22.7. The summed E-state index contributed by atoms with van der Waals surface area (Å²) < 4.78 is 11.2. The molecule has 1 fully saturated rings. The largest absolute Gasteiger partial charge is 0.481 e. The molecular weight excluding hydrogens is 272 g/mol. The summed E-state index contributed by atoms with van der Waals surface area (Å²) in [6, 6.07) is 0. The fourth-order valence-electron chi connectivity index (χ4n) is 2.19. The number of hydrogen-bond donors (Lipinski definition) is 1. The van der Waals surface area contributed by atoms with E-state index in [1.165, 1.54) is 0 Å². The molecule has 0 saturated heterocycles. The van der Waals surface area contributed by atoms with Gasteiger partial charge in [0.05, 0.1) is 18.1 Å². The van der Waals surface area contributed by atoms with Crippen LogP contribution in [0, 0.1) is 5.92 Å². The van der Waals surface area contributed by atoms with Crippen molar-refractivity contribution in [2.75, 3.05) is 0 Å². The van der Waals surface area contributed by atoms with E-state index in [4.69, 9.17) is 14.6 Å². The van der Waals surface area contributed by atoms with Crippen LogP contribution in [-0.4, -0.2) is 34.9 Å². The highest BCUT2D eigenvalue weighted by Gasteiger charge is 2.26. The summed E-state index contributed by atoms with van der Waals surface area (Å²) in [5.74, 6) is -1.55. The molecule has 0 aromatic heterocycles. The van der Waals surface area contributed by atoms with Crippen LogP contribution in [-0.2, 0) is 19.1 Å². The monoisotopic (exact) mass is 300 g/mol. The molecule has 1 aliphatic carbocycles. The van der Waals surface area contributed by atoms with Crippen molar-refractivity contribution in [2.24, 2.45) is 5.92 Å². The van der Waals surface area contributed by atoms with Crippen LogP contribution in [0.3, 0.4) is 0 Å². The summed E-state index contributed by atoms with van der Waals surface area (Å²) in [6.07, 6.45) is 4.49. The third-order valence-corrected chi connectivity index (χ3v) is 3.57. The van der Waals surface area contributed by atoms with Crippen LogP contribution < -0.4 is 0 Å². The van der Waals surface area contributed by atoms with Gasteiger partial charge >= 0.3 is 11.9 Å². The molecular formula is C16H28O5. The van der Waals surface area contributed by atoms with Gasteiger partial charge in [-0.15, -0.1) is 0 Å². The Labute approximate surface area is 127 Å². The number of esters is 1. The Hall–Kier alpha value is -1.10. The predicted octanol–water partition coefficient (Wildman–Crippen LogP) is 3.16. The molecule has 1 rings (SSSR count). The lowest BCUT2D eigenvalue weighted by molar-refractivity contribution is -0.156. The maximum atomic E-state index is 11.8. The minimum absolute atomic E-state index is 0.186. The Kier molecular flexibility index (Phi) is 6.65. The van der Waals surface area contributed by atoms with Crippen LogP contribution in [0.15, 0.2) is 0 Å². The molecule has 1 aliphatic rings. The van der Waals surface area contributed by atoms with Crippen molar-refractivity contribution in [3.05, 3.63) is 0 Å². The Morgan fingerprint density at radius 3 is 2.33 bits per heavy atom. The predicted molar refractivity (Wildman–Crippen MR) is 79.0 cm³/mol. The first-order valence-corrected chi connectivity index (χ1v) is 7.77. The molecule has 2 atom stereocenters. The Balaban J connectivity index is 2.43. The zero-order valence-electron chi connectivity index (χ0n) is 13.6. The zero-order valence-corrected chi connectivity index (χ0v) is 13.6. The lowest BCUT2D eigenvalue weighted by atomic mass is 9.94. The van der Waals surface area contributed by atoms with Gasteiger partial charge in [-0.05, 0) is 52.9 Å². The molecule has 122 valence electrons. The average Bonchev–Trinajstić information content (AvgIpc) is 2.27. The molecule has 0 spiro atoms. The Morgan fingerprint density at radius 1 is 1.29 bits per heavy atom. The van der Waals surface area contributed by atoms with Crippen LogP contribution in [0.25, 0.3) is 0 Å². The number of carbonyl (C=O) groups is 2. The van der Waals surface area contributed by atoms with E-state index in [9.17, 15) is 9.59 Å². The molecule has 0 aliphatic heterocycles. The lowest BCUT2D eigenvalue weighted by Gasteiger charge is -2.31. The topological polar surface area (TPSA) is 72.8 Å². The van der Waals surface area contributed by atoms with Crippen molar-refractivity contribution in [3.63, 3.8) is 0 Å². The second-order valence-corrected chi connectivity index (χ2v) is 6.91. The van der Waals surface area contributed by atoms with E-state index < -0.39 is 17.5 Å². The first-order valence-electron chi connectivity index (χ1n) is 7.77. The van der Waals surface area contributed by atoms with E-state index in [-0.39, 0.29) is 24.6 Å². The molecule has 0 unspecified atom stereocenters. The molecule has 0 bridgehead atoms. The van der Waals surface area contributed by atoms with E-state index in [0.29, 0.717) is 12.8 Å². The summed E-state index contributed by atoms with van der Waals surface area (Å²) in [6.45, 7) is 7.17. The summed E-state index contributed by atoms with van der Waals surface area (Å²) in [7, 11) is 0. The van der Waals surface area contributed by atoms with Crippen LogP contribution in [0.2, 0.25) is 0 Å². The van der Waals surface area contributed by atoms with Gasteiger partial charge in [0.25, 0.3) is 0 Å². The number of carboxylic acid groups (broad SMARTS) is 1. The average molecular weight is 300 g/mol. The van der Waals surface area contributed by atoms with Crippen molar-refractivity contribution >= 4 is 11.9 Å². The van der Waals surface area contributed by atoms with Crippen LogP contribution in [0.1, 0.15) is 66.2 Å². The van der Waals surface area contributed by atoms with E-state index in [2.05, 4.69) is 0 Å². The third-order valence-electron chi connectivity index (χ3n) is 3.57. The second-order valence-electron chi connectivity index (χ2n) is 6.91. The van der Waals surface area contributed by atoms with Crippen molar-refractivity contribution in [2.45, 2.75) is 84.0 Å². The van der Waals surface area contributed by atoms with Gasteiger partial charge in [0.15, 0.2) is 0 Å². The molecule has 0 aromatic carbocycles. The molecule has 1 saturated carbocycles. The van der Waals surface area contributed by atoms with Crippen molar-refractivity contribution in [1.82, 2.24) is 0 Å². The molecule has 0 radical (unpaired) electrons. The van der Waals surface area contributed by atoms with Gasteiger partial charge in [0.1, 0.15) is 5.60 Å². The number of ether oxygens (including phenoxy) is 2. The van der Waals surface area contributed by atoms with E-state index in [1.807, 2.05) is 20.8 Å². The van der Waals surface area contributed by atoms with E-state index >= 15 is 0 Å². The van der Waals surface area contributed by atoms with Crippen LogP contribution in [0.4, 0.5) is 0 Å². The van der Waals surface area contributed by atoms with Crippen molar-refractivity contribution < 1.29 is 24.2 Å². The smallest absolute Gasteiger partial charge is 0.306 e. The fraction of sp³-hybridized carbons (Fsp3) is 0.875. The fourth-order valence-corrected chi connectivity index (χ4v) is 2.19. The summed E-state index contributed by atoms with van der Waals surface area (Å²) >= 11 is 0. The minimum atomic E-state index is -0.825. The molecule has 0 aromatic rings. The van der Waals surface area contributed by atoms with Gasteiger partial charge in [-0.1, -0.05) is 6.92 Å². The molecule has 5 heteroatoms. The Bertz CT molecular complexity index is 354. The van der Waals surface area contributed by atoms with Gasteiger partial charge in [0.2, 0.25) is 0 Å². The number of rotatable bonds is 8. The second kappa shape index (κ2) is 7.78. The molecule has 0 amide bonds. The molecule has 0 heterocycles. The summed E-state index contributed by atoms with van der Waals surface area (Å²) in [5, 5.41) is 9.02. The SMILES string of the molecule is C[C@@H](C[C@@H](CCC(=O)OC(C)(C)C)OC1CCC1)C(=O)O. The quantitative estimate of drug-likeness (QED) is 0.697. The van der Waals surface area contributed by atoms with Crippen LogP contribution >= 0.6 is 0 Å². The van der Waals surface area contributed by atoms with Crippen molar-refractivity contribution in [1.29, 1.82) is 0 Å². The van der Waals surface area contributed by atoms with E-state index in [0.717, 1.165) is 19.3 Å². The molecule has 1 N–H and O–H groups in total. The van der Waals surface area contributed by atoms with Gasteiger partial charge in [-0.3, -0.25) is 9.59 Å². The summed E-state index contributed by atoms with van der Waals surface area (Å²) in [5.41, 5.74) is -0.490. The molecule has 5 nitrogen and oxygen atoms in total. The van der Waals surface area contributed by atoms with E-state index in [1.54, 1.807) is 6.92 Å². The maximum absolute atomic E-state index is 11.8.